The predicted molar refractivity (Wildman–Crippen MR) is 83.9 cm³/mol. The summed E-state index contributed by atoms with van der Waals surface area (Å²) in [6, 6.07) is 0. The molecule has 4 atom stereocenters. The Morgan fingerprint density at radius 3 is 2.16 bits per heavy atom. The van der Waals surface area contributed by atoms with Crippen molar-refractivity contribution in [1.82, 2.24) is 0 Å². The molecule has 3 saturated carbocycles. The van der Waals surface area contributed by atoms with Gasteiger partial charge in [0.2, 0.25) is 0 Å². The largest absolute Gasteiger partial charge is 0.131 e. The third-order valence-electron chi connectivity index (χ3n) is 8.41. The van der Waals surface area contributed by atoms with Crippen LogP contribution in [0.1, 0.15) is 72.1 Å². The summed E-state index contributed by atoms with van der Waals surface area (Å²) in [6.45, 7) is 7.74. The SMILES string of the molecule is CC1C(C23BC(CCC2)CCC3)CC2C[C@@H]1C2(C)C. The van der Waals surface area contributed by atoms with Crippen molar-refractivity contribution in [3.63, 3.8) is 0 Å². The van der Waals surface area contributed by atoms with E-state index >= 15 is 0 Å². The fraction of sp³-hybridized carbons (Fsp3) is 1.00. The van der Waals surface area contributed by atoms with E-state index in [-0.39, 0.29) is 0 Å². The van der Waals surface area contributed by atoms with Gasteiger partial charge in [-0.25, -0.2) is 0 Å². The Balaban J connectivity index is 1.59. The zero-order chi connectivity index (χ0) is 13.3. The van der Waals surface area contributed by atoms with E-state index in [0.717, 1.165) is 34.8 Å². The molecule has 106 valence electrons. The van der Waals surface area contributed by atoms with E-state index in [4.69, 9.17) is 0 Å². The Kier molecular flexibility index (Phi) is 2.72. The highest BCUT2D eigenvalue weighted by Crippen LogP contribution is 2.70. The van der Waals surface area contributed by atoms with E-state index in [0.29, 0.717) is 5.41 Å². The van der Waals surface area contributed by atoms with Crippen LogP contribution in [0.15, 0.2) is 0 Å². The lowest BCUT2D eigenvalue weighted by molar-refractivity contribution is -0.140. The van der Waals surface area contributed by atoms with Gasteiger partial charge in [0.25, 0.3) is 0 Å². The second-order valence-corrected chi connectivity index (χ2v) is 9.28. The van der Waals surface area contributed by atoms with Crippen molar-refractivity contribution in [2.24, 2.45) is 29.1 Å². The molecule has 1 heteroatoms. The quantitative estimate of drug-likeness (QED) is 0.577. The molecule has 2 saturated heterocycles. The van der Waals surface area contributed by atoms with Crippen LogP contribution in [-0.4, -0.2) is 7.28 Å². The van der Waals surface area contributed by atoms with Crippen molar-refractivity contribution in [2.75, 3.05) is 0 Å². The van der Waals surface area contributed by atoms with Crippen LogP contribution in [0.3, 0.4) is 0 Å². The predicted octanol–water partition coefficient (Wildman–Crippen LogP) is 5.06. The average molecular weight is 258 g/mol. The smallest absolute Gasteiger partial charge is 0.0651 e. The summed E-state index contributed by atoms with van der Waals surface area (Å²) in [4.78, 5) is 0. The molecular formula is C18H31B. The van der Waals surface area contributed by atoms with Crippen LogP contribution in [0.2, 0.25) is 11.1 Å². The van der Waals surface area contributed by atoms with Gasteiger partial charge in [-0.1, -0.05) is 70.4 Å². The minimum absolute atomic E-state index is 0.676. The van der Waals surface area contributed by atoms with Crippen molar-refractivity contribution in [1.29, 1.82) is 0 Å². The van der Waals surface area contributed by atoms with Gasteiger partial charge in [-0.05, 0) is 41.9 Å². The Labute approximate surface area is 120 Å². The molecule has 0 N–H and O–H groups in total. The van der Waals surface area contributed by atoms with Gasteiger partial charge in [-0.3, -0.25) is 0 Å². The lowest BCUT2D eigenvalue weighted by atomic mass is 9.28. The van der Waals surface area contributed by atoms with Crippen LogP contribution in [0.25, 0.3) is 0 Å². The molecule has 2 aliphatic heterocycles. The average Bonchev–Trinajstić information content (AvgIpc) is 2.38. The molecule has 5 rings (SSSR count). The molecule has 0 aromatic carbocycles. The minimum Gasteiger partial charge on any atom is -0.0651 e. The Bertz CT molecular complexity index is 362. The van der Waals surface area contributed by atoms with E-state index in [9.17, 15) is 0 Å². The lowest BCUT2D eigenvalue weighted by Crippen LogP contribution is -2.58. The summed E-state index contributed by atoms with van der Waals surface area (Å²) in [6.07, 6.45) is 12.5. The molecule has 3 aliphatic carbocycles. The normalized spacial score (nSPS) is 55.0. The number of fused-ring (bicyclic) bond motifs is 5. The topological polar surface area (TPSA) is 0 Å². The van der Waals surface area contributed by atoms with E-state index in [1.807, 2.05) is 0 Å². The van der Waals surface area contributed by atoms with Crippen LogP contribution in [0, 0.1) is 29.1 Å². The highest BCUT2D eigenvalue weighted by molar-refractivity contribution is 6.42. The molecule has 0 spiro atoms. The summed E-state index contributed by atoms with van der Waals surface area (Å²) in [5.74, 6) is 5.33. The van der Waals surface area contributed by atoms with Crippen molar-refractivity contribution < 1.29 is 0 Å². The molecular weight excluding hydrogens is 227 g/mol. The molecule has 0 amide bonds. The van der Waals surface area contributed by atoms with Crippen molar-refractivity contribution >= 4 is 7.28 Å². The van der Waals surface area contributed by atoms with Gasteiger partial charge in [0.05, 0.1) is 0 Å². The van der Waals surface area contributed by atoms with Gasteiger partial charge < -0.3 is 0 Å². The maximum absolute atomic E-state index is 2.62. The monoisotopic (exact) mass is 258 g/mol. The van der Waals surface area contributed by atoms with E-state index < -0.39 is 0 Å². The third-order valence-corrected chi connectivity index (χ3v) is 8.41. The number of rotatable bonds is 1. The number of hydrogen-bond donors (Lipinski definition) is 0. The van der Waals surface area contributed by atoms with Gasteiger partial charge in [0.15, 0.2) is 0 Å². The van der Waals surface area contributed by atoms with Crippen LogP contribution >= 0.6 is 0 Å². The van der Waals surface area contributed by atoms with Crippen molar-refractivity contribution in [3.8, 4) is 0 Å². The van der Waals surface area contributed by atoms with Crippen molar-refractivity contribution in [2.45, 2.75) is 83.3 Å². The van der Waals surface area contributed by atoms with Crippen LogP contribution in [0.4, 0.5) is 0 Å². The molecule has 3 unspecified atom stereocenters. The summed E-state index contributed by atoms with van der Waals surface area (Å²) in [7, 11) is 1.61. The Hall–Kier alpha value is 0.0649. The van der Waals surface area contributed by atoms with Gasteiger partial charge in [0.1, 0.15) is 7.28 Å². The van der Waals surface area contributed by atoms with Gasteiger partial charge >= 0.3 is 0 Å². The third kappa shape index (κ3) is 1.66. The van der Waals surface area contributed by atoms with E-state index in [1.54, 1.807) is 58.6 Å². The zero-order valence-electron chi connectivity index (χ0n) is 13.3. The lowest BCUT2D eigenvalue weighted by Gasteiger charge is -2.66. The second kappa shape index (κ2) is 4.04. The molecule has 5 aliphatic rings. The molecule has 19 heavy (non-hydrogen) atoms. The molecule has 0 nitrogen and oxygen atoms in total. The first-order valence-electron chi connectivity index (χ1n) is 9.03. The maximum Gasteiger partial charge on any atom is 0.131 e. The molecule has 0 aromatic heterocycles. The van der Waals surface area contributed by atoms with Crippen molar-refractivity contribution in [3.05, 3.63) is 0 Å². The molecule has 2 heterocycles. The number of hydrogen-bond acceptors (Lipinski definition) is 0. The first kappa shape index (κ1) is 12.8. The molecule has 0 radical (unpaired) electrons. The van der Waals surface area contributed by atoms with E-state index in [1.165, 1.54) is 0 Å². The van der Waals surface area contributed by atoms with Gasteiger partial charge in [0, 0.05) is 0 Å². The zero-order valence-corrected chi connectivity index (χ0v) is 13.3. The summed E-state index contributed by atoms with van der Waals surface area (Å²) in [5.41, 5.74) is 0.676. The Morgan fingerprint density at radius 1 is 0.947 bits per heavy atom. The van der Waals surface area contributed by atoms with Crippen LogP contribution in [0.5, 0.6) is 0 Å². The first-order chi connectivity index (χ1) is 9.03. The highest BCUT2D eigenvalue weighted by atomic mass is 14.6. The fourth-order valence-corrected chi connectivity index (χ4v) is 7.22. The maximum atomic E-state index is 2.62. The standard InChI is InChI=1S/C18H31B/c1-12-15-10-13(17(15,2)3)11-16(12)18-8-4-6-14(19-18)7-5-9-18/h12-16,19H,4-11H2,1-3H3/t12?,13?,14?,15-,16?,18?/m0/s1. The fourth-order valence-electron chi connectivity index (χ4n) is 7.22. The Morgan fingerprint density at radius 2 is 1.58 bits per heavy atom. The molecule has 4 bridgehead atoms. The second-order valence-electron chi connectivity index (χ2n) is 9.28. The highest BCUT2D eigenvalue weighted by Gasteiger charge is 2.60. The minimum atomic E-state index is 0.676. The summed E-state index contributed by atoms with van der Waals surface area (Å²) >= 11 is 0. The first-order valence-corrected chi connectivity index (χ1v) is 9.03. The summed E-state index contributed by atoms with van der Waals surface area (Å²) < 4.78 is 0. The van der Waals surface area contributed by atoms with Gasteiger partial charge in [-0.15, -0.1) is 0 Å². The van der Waals surface area contributed by atoms with Gasteiger partial charge in [-0.2, -0.15) is 0 Å². The molecule has 0 aromatic rings. The summed E-state index contributed by atoms with van der Waals surface area (Å²) in [5, 5.41) is 0.800. The van der Waals surface area contributed by atoms with Crippen LogP contribution in [-0.2, 0) is 0 Å². The molecule has 5 fully saturated rings. The van der Waals surface area contributed by atoms with E-state index in [2.05, 4.69) is 20.8 Å². The van der Waals surface area contributed by atoms with Crippen LogP contribution < -0.4 is 0 Å².